The molecular formula is C30H29N5O6. The van der Waals surface area contributed by atoms with Crippen LogP contribution in [0.2, 0.25) is 0 Å². The van der Waals surface area contributed by atoms with Crippen molar-refractivity contribution in [2.75, 3.05) is 19.0 Å². The number of anilines is 1. The number of para-hydroxylation sites is 2. The van der Waals surface area contributed by atoms with Gasteiger partial charge in [-0.3, -0.25) is 19.7 Å². The van der Waals surface area contributed by atoms with Crippen molar-refractivity contribution < 1.29 is 19.2 Å². The molecule has 1 aliphatic rings. The monoisotopic (exact) mass is 555 g/mol. The Morgan fingerprint density at radius 1 is 1.12 bits per heavy atom. The van der Waals surface area contributed by atoms with E-state index in [9.17, 15) is 19.7 Å². The van der Waals surface area contributed by atoms with Crippen molar-refractivity contribution in [2.24, 2.45) is 5.10 Å². The fourth-order valence-electron chi connectivity index (χ4n) is 4.97. The van der Waals surface area contributed by atoms with Gasteiger partial charge in [-0.2, -0.15) is 9.78 Å². The van der Waals surface area contributed by atoms with Gasteiger partial charge in [0, 0.05) is 23.2 Å². The van der Waals surface area contributed by atoms with Crippen molar-refractivity contribution in [2.45, 2.75) is 38.0 Å². The normalized spacial score (nSPS) is 13.8. The minimum atomic E-state index is -0.624. The van der Waals surface area contributed by atoms with Gasteiger partial charge < -0.3 is 14.8 Å². The van der Waals surface area contributed by atoms with E-state index >= 15 is 0 Å². The molecule has 3 aromatic carbocycles. The molecule has 0 unspecified atom stereocenters. The summed E-state index contributed by atoms with van der Waals surface area (Å²) in [5.41, 5.74) is 0.775. The predicted molar refractivity (Wildman–Crippen MR) is 155 cm³/mol. The van der Waals surface area contributed by atoms with E-state index in [0.29, 0.717) is 28.0 Å². The van der Waals surface area contributed by atoms with Crippen LogP contribution in [-0.2, 0) is 4.79 Å². The lowest BCUT2D eigenvalue weighted by Crippen LogP contribution is -2.25. The van der Waals surface area contributed by atoms with Crippen molar-refractivity contribution in [3.63, 3.8) is 0 Å². The summed E-state index contributed by atoms with van der Waals surface area (Å²) >= 11 is 0. The molecule has 0 aliphatic heterocycles. The number of fused-ring (bicyclic) bond motifs is 1. The molecule has 0 spiro atoms. The number of aromatic nitrogens is 2. The quantitative estimate of drug-likeness (QED) is 0.169. The van der Waals surface area contributed by atoms with Gasteiger partial charge in [0.05, 0.1) is 29.2 Å². The molecule has 41 heavy (non-hydrogen) atoms. The van der Waals surface area contributed by atoms with E-state index in [1.807, 2.05) is 18.2 Å². The van der Waals surface area contributed by atoms with Gasteiger partial charge in [0.25, 0.3) is 11.5 Å². The molecule has 0 saturated heterocycles. The van der Waals surface area contributed by atoms with Crippen LogP contribution in [0, 0.1) is 10.1 Å². The summed E-state index contributed by atoms with van der Waals surface area (Å²) in [4.78, 5) is 42.0. The number of hydrogen-bond acceptors (Lipinski definition) is 8. The standard InChI is InChI=1S/C30H29N5O6/c1-40-26-17-20(16-25(35(38)39)28(26)41-19-27(36)32-22-12-6-3-7-13-22)18-31-34-29(21-10-4-2-5-11-21)33-24-15-9-8-14-23(24)30(34)37/h3,6-9,12-18,21H,2,4-5,10-11,19H2,1H3,(H,32,36). The summed E-state index contributed by atoms with van der Waals surface area (Å²) in [5, 5.41) is 19.5. The molecule has 1 heterocycles. The number of nitro groups is 1. The maximum Gasteiger partial charge on any atom is 0.315 e. The molecule has 1 aliphatic carbocycles. The highest BCUT2D eigenvalue weighted by Gasteiger charge is 2.24. The largest absolute Gasteiger partial charge is 0.493 e. The highest BCUT2D eigenvalue weighted by Crippen LogP contribution is 2.38. The van der Waals surface area contributed by atoms with Crippen LogP contribution in [0.5, 0.6) is 11.5 Å². The molecule has 11 heteroatoms. The van der Waals surface area contributed by atoms with E-state index in [-0.39, 0.29) is 23.0 Å². The van der Waals surface area contributed by atoms with Gasteiger partial charge in [-0.05, 0) is 43.2 Å². The summed E-state index contributed by atoms with van der Waals surface area (Å²) < 4.78 is 12.2. The van der Waals surface area contributed by atoms with Gasteiger partial charge in [0.15, 0.2) is 12.4 Å². The van der Waals surface area contributed by atoms with Gasteiger partial charge in [-0.15, -0.1) is 0 Å². The van der Waals surface area contributed by atoms with Gasteiger partial charge in [-0.25, -0.2) is 4.98 Å². The number of carbonyl (C=O) groups excluding carboxylic acids is 1. The van der Waals surface area contributed by atoms with Crippen LogP contribution in [0.1, 0.15) is 49.4 Å². The Morgan fingerprint density at radius 2 is 1.85 bits per heavy atom. The van der Waals surface area contributed by atoms with E-state index in [4.69, 9.17) is 14.5 Å². The number of nitro benzene ring substituents is 1. The zero-order valence-corrected chi connectivity index (χ0v) is 22.5. The molecule has 1 saturated carbocycles. The Bertz CT molecular complexity index is 1660. The first kappa shape index (κ1) is 27.5. The maximum absolute atomic E-state index is 13.5. The average molecular weight is 556 g/mol. The van der Waals surface area contributed by atoms with Gasteiger partial charge >= 0.3 is 5.69 Å². The van der Waals surface area contributed by atoms with Crippen molar-refractivity contribution in [3.8, 4) is 11.5 Å². The summed E-state index contributed by atoms with van der Waals surface area (Å²) in [6.07, 6.45) is 6.42. The first-order valence-corrected chi connectivity index (χ1v) is 13.3. The van der Waals surface area contributed by atoms with Crippen molar-refractivity contribution in [1.82, 2.24) is 9.66 Å². The molecular weight excluding hydrogens is 526 g/mol. The second-order valence-electron chi connectivity index (χ2n) is 9.72. The van der Waals surface area contributed by atoms with Gasteiger partial charge in [0.1, 0.15) is 5.82 Å². The zero-order chi connectivity index (χ0) is 28.8. The minimum Gasteiger partial charge on any atom is -0.493 e. The van der Waals surface area contributed by atoms with Gasteiger partial charge in [-0.1, -0.05) is 49.6 Å². The smallest absolute Gasteiger partial charge is 0.315 e. The summed E-state index contributed by atoms with van der Waals surface area (Å²) in [6, 6.07) is 18.7. The number of benzene rings is 3. The minimum absolute atomic E-state index is 0.0460. The van der Waals surface area contributed by atoms with Crippen LogP contribution in [0.3, 0.4) is 0 Å². The molecule has 210 valence electrons. The van der Waals surface area contributed by atoms with Crippen molar-refractivity contribution in [1.29, 1.82) is 0 Å². The maximum atomic E-state index is 13.5. The summed E-state index contributed by atoms with van der Waals surface area (Å²) in [7, 11) is 1.34. The topological polar surface area (TPSA) is 138 Å². The summed E-state index contributed by atoms with van der Waals surface area (Å²) in [6.45, 7) is -0.470. The number of ether oxygens (including phenoxy) is 2. The fraction of sp³-hybridized carbons (Fsp3) is 0.267. The molecule has 1 aromatic heterocycles. The third kappa shape index (κ3) is 6.24. The zero-order valence-electron chi connectivity index (χ0n) is 22.5. The number of rotatable bonds is 9. The summed E-state index contributed by atoms with van der Waals surface area (Å²) in [5.74, 6) is 0.0296. The van der Waals surface area contributed by atoms with E-state index in [0.717, 1.165) is 32.1 Å². The highest BCUT2D eigenvalue weighted by atomic mass is 16.6. The molecule has 11 nitrogen and oxygen atoms in total. The molecule has 5 rings (SSSR count). The lowest BCUT2D eigenvalue weighted by Gasteiger charge is -2.22. The number of nitrogens with one attached hydrogen (secondary N) is 1. The Kier molecular flexibility index (Phi) is 8.33. The van der Waals surface area contributed by atoms with E-state index in [1.165, 1.54) is 30.1 Å². The van der Waals surface area contributed by atoms with Crippen LogP contribution in [0.25, 0.3) is 10.9 Å². The first-order valence-electron chi connectivity index (χ1n) is 13.3. The third-order valence-electron chi connectivity index (χ3n) is 6.95. The number of hydrogen-bond donors (Lipinski definition) is 1. The Balaban J connectivity index is 1.47. The van der Waals surface area contributed by atoms with Crippen LogP contribution in [-0.4, -0.2) is 40.4 Å². The molecule has 1 fully saturated rings. The van der Waals surface area contributed by atoms with Crippen LogP contribution >= 0.6 is 0 Å². The molecule has 1 N–H and O–H groups in total. The van der Waals surface area contributed by atoms with E-state index in [1.54, 1.807) is 36.4 Å². The second-order valence-corrected chi connectivity index (χ2v) is 9.72. The third-order valence-corrected chi connectivity index (χ3v) is 6.95. The molecule has 0 bridgehead atoms. The Labute approximate surface area is 235 Å². The molecule has 1 amide bonds. The lowest BCUT2D eigenvalue weighted by atomic mass is 9.88. The van der Waals surface area contributed by atoms with Crippen molar-refractivity contribution in [3.05, 3.63) is 98.6 Å². The number of carbonyl (C=O) groups is 1. The number of methoxy groups -OCH3 is 1. The number of nitrogens with zero attached hydrogens (tertiary/aromatic N) is 4. The lowest BCUT2D eigenvalue weighted by molar-refractivity contribution is -0.385. The Morgan fingerprint density at radius 3 is 2.59 bits per heavy atom. The van der Waals surface area contributed by atoms with Crippen LogP contribution in [0.15, 0.2) is 76.6 Å². The molecule has 0 atom stereocenters. The van der Waals surface area contributed by atoms with E-state index < -0.39 is 23.1 Å². The van der Waals surface area contributed by atoms with Crippen LogP contribution in [0.4, 0.5) is 11.4 Å². The Hall–Kier alpha value is -5.06. The predicted octanol–water partition coefficient (Wildman–Crippen LogP) is 5.26. The fourth-order valence-corrected chi connectivity index (χ4v) is 4.97. The van der Waals surface area contributed by atoms with Crippen LogP contribution < -0.4 is 20.3 Å². The van der Waals surface area contributed by atoms with Crippen molar-refractivity contribution >= 4 is 34.4 Å². The second kappa shape index (κ2) is 12.4. The molecule has 0 radical (unpaired) electrons. The number of amides is 1. The van der Waals surface area contributed by atoms with Gasteiger partial charge in [0.2, 0.25) is 5.75 Å². The molecule has 4 aromatic rings. The average Bonchev–Trinajstić information content (AvgIpc) is 3.00. The highest BCUT2D eigenvalue weighted by molar-refractivity contribution is 5.92. The van der Waals surface area contributed by atoms with E-state index in [2.05, 4.69) is 10.4 Å². The first-order chi connectivity index (χ1) is 19.9. The SMILES string of the molecule is COc1cc(C=Nn2c(C3CCCCC3)nc3ccccc3c2=O)cc([N+](=O)[O-])c1OCC(=O)Nc1ccccc1.